The largest absolute Gasteiger partial charge is 0.490 e. The summed E-state index contributed by atoms with van der Waals surface area (Å²) in [5.74, 6) is 3.37. The summed E-state index contributed by atoms with van der Waals surface area (Å²) in [5.41, 5.74) is 0.928. The highest BCUT2D eigenvalue weighted by Gasteiger charge is 2.12. The van der Waals surface area contributed by atoms with E-state index in [0.29, 0.717) is 30.7 Å². The van der Waals surface area contributed by atoms with Gasteiger partial charge in [0.05, 0.1) is 19.0 Å². The third-order valence-electron chi connectivity index (χ3n) is 3.57. The lowest BCUT2D eigenvalue weighted by Crippen LogP contribution is -1.97. The molecule has 0 atom stereocenters. The van der Waals surface area contributed by atoms with Crippen LogP contribution < -0.4 is 9.47 Å². The maximum absolute atomic E-state index is 5.73. The predicted molar refractivity (Wildman–Crippen MR) is 91.3 cm³/mol. The van der Waals surface area contributed by atoms with Gasteiger partial charge in [0.1, 0.15) is 0 Å². The van der Waals surface area contributed by atoms with E-state index in [1.807, 2.05) is 48.5 Å². The number of nitrogens with zero attached hydrogens (tertiary/aromatic N) is 2. The minimum atomic E-state index is 0.546. The molecule has 0 N–H and O–H groups in total. The number of hydrogen-bond donors (Lipinski definition) is 0. The van der Waals surface area contributed by atoms with Crippen molar-refractivity contribution < 1.29 is 13.9 Å². The zero-order valence-corrected chi connectivity index (χ0v) is 13.8. The third kappa shape index (κ3) is 3.38. The summed E-state index contributed by atoms with van der Waals surface area (Å²) in [4.78, 5) is 1.08. The van der Waals surface area contributed by atoms with Crippen molar-refractivity contribution in [3.05, 3.63) is 54.4 Å². The van der Waals surface area contributed by atoms with E-state index in [0.717, 1.165) is 28.4 Å². The van der Waals surface area contributed by atoms with E-state index in [1.54, 1.807) is 11.8 Å². The van der Waals surface area contributed by atoms with Crippen LogP contribution >= 0.6 is 11.8 Å². The average Bonchev–Trinajstić information content (AvgIpc) is 2.98. The van der Waals surface area contributed by atoms with Crippen LogP contribution in [0.1, 0.15) is 12.3 Å². The summed E-state index contributed by atoms with van der Waals surface area (Å²) in [7, 11) is 0. The van der Waals surface area contributed by atoms with E-state index in [4.69, 9.17) is 13.9 Å². The number of hydrogen-bond acceptors (Lipinski definition) is 6. The fourth-order valence-corrected chi connectivity index (χ4v) is 3.15. The van der Waals surface area contributed by atoms with Crippen LogP contribution in [0.25, 0.3) is 11.5 Å². The van der Waals surface area contributed by atoms with Crippen LogP contribution in [0.15, 0.2) is 57.8 Å². The summed E-state index contributed by atoms with van der Waals surface area (Å²) in [6.07, 6.45) is 0.904. The van der Waals surface area contributed by atoms with Gasteiger partial charge in [-0.15, -0.1) is 22.0 Å². The highest BCUT2D eigenvalue weighted by molar-refractivity contribution is 7.98. The lowest BCUT2D eigenvalue weighted by Gasteiger charge is -2.08. The first-order chi connectivity index (χ1) is 11.9. The number of thioether (sulfide) groups is 1. The molecule has 0 unspecified atom stereocenters. The standard InChI is InChI=1S/C18H16N2O3S/c1-2-5-13(6-3-1)18-20-19-17(23-18)12-24-14-7-8-15-16(11-14)22-10-4-9-21-15/h1-3,5-8,11H,4,9-10,12H2. The zero-order chi connectivity index (χ0) is 16.2. The molecule has 0 aliphatic carbocycles. The molecule has 1 aliphatic heterocycles. The van der Waals surface area contributed by atoms with Crippen LogP contribution in [-0.4, -0.2) is 23.4 Å². The molecule has 0 fully saturated rings. The molecule has 0 saturated heterocycles. The molecule has 0 saturated carbocycles. The average molecular weight is 340 g/mol. The van der Waals surface area contributed by atoms with E-state index in [1.165, 1.54) is 0 Å². The summed E-state index contributed by atoms with van der Waals surface area (Å²) < 4.78 is 17.1. The maximum Gasteiger partial charge on any atom is 0.247 e. The number of rotatable bonds is 4. The fraction of sp³-hybridized carbons (Fsp3) is 0.222. The Hall–Kier alpha value is -2.47. The second-order valence-electron chi connectivity index (χ2n) is 5.31. The van der Waals surface area contributed by atoms with Gasteiger partial charge in [-0.1, -0.05) is 18.2 Å². The quantitative estimate of drug-likeness (QED) is 0.664. The van der Waals surface area contributed by atoms with Crippen LogP contribution in [-0.2, 0) is 5.75 Å². The minimum Gasteiger partial charge on any atom is -0.490 e. The van der Waals surface area contributed by atoms with E-state index < -0.39 is 0 Å². The van der Waals surface area contributed by atoms with Gasteiger partial charge in [-0.25, -0.2) is 0 Å². The molecule has 2 aromatic carbocycles. The molecule has 24 heavy (non-hydrogen) atoms. The molecule has 0 spiro atoms. The normalized spacial score (nSPS) is 13.5. The van der Waals surface area contributed by atoms with Gasteiger partial charge in [-0.05, 0) is 30.3 Å². The molecule has 4 rings (SSSR count). The lowest BCUT2D eigenvalue weighted by atomic mass is 10.2. The van der Waals surface area contributed by atoms with Crippen molar-refractivity contribution in [1.82, 2.24) is 10.2 Å². The van der Waals surface area contributed by atoms with E-state index in [9.17, 15) is 0 Å². The number of ether oxygens (including phenoxy) is 2. The number of fused-ring (bicyclic) bond motifs is 1. The molecule has 0 radical (unpaired) electrons. The van der Waals surface area contributed by atoms with Crippen molar-refractivity contribution in [3.8, 4) is 23.0 Å². The number of aromatic nitrogens is 2. The molecule has 5 nitrogen and oxygen atoms in total. The highest BCUT2D eigenvalue weighted by atomic mass is 32.2. The van der Waals surface area contributed by atoms with Gasteiger partial charge in [0.25, 0.3) is 0 Å². The van der Waals surface area contributed by atoms with Gasteiger partial charge in [0.2, 0.25) is 11.8 Å². The zero-order valence-electron chi connectivity index (χ0n) is 13.0. The predicted octanol–water partition coefficient (Wildman–Crippen LogP) is 4.19. The second-order valence-corrected chi connectivity index (χ2v) is 6.36. The van der Waals surface area contributed by atoms with Crippen LogP contribution in [0.2, 0.25) is 0 Å². The molecule has 0 amide bonds. The molecule has 3 aromatic rings. The van der Waals surface area contributed by atoms with Crippen molar-refractivity contribution in [2.24, 2.45) is 0 Å². The Bertz CT molecular complexity index is 820. The highest BCUT2D eigenvalue weighted by Crippen LogP contribution is 2.35. The lowest BCUT2D eigenvalue weighted by molar-refractivity contribution is 0.297. The van der Waals surface area contributed by atoms with E-state index in [2.05, 4.69) is 10.2 Å². The Kier molecular flexibility index (Phi) is 4.38. The topological polar surface area (TPSA) is 57.4 Å². The fourth-order valence-electron chi connectivity index (χ4n) is 2.39. The van der Waals surface area contributed by atoms with Gasteiger partial charge in [-0.2, -0.15) is 0 Å². The molecular formula is C18H16N2O3S. The van der Waals surface area contributed by atoms with Gasteiger partial charge in [-0.3, -0.25) is 0 Å². The minimum absolute atomic E-state index is 0.546. The molecule has 1 aliphatic rings. The van der Waals surface area contributed by atoms with Crippen molar-refractivity contribution in [1.29, 1.82) is 0 Å². The second kappa shape index (κ2) is 6.97. The monoisotopic (exact) mass is 340 g/mol. The Morgan fingerprint density at radius 3 is 2.62 bits per heavy atom. The van der Waals surface area contributed by atoms with Crippen molar-refractivity contribution >= 4 is 11.8 Å². The maximum atomic E-state index is 5.73. The first-order valence-electron chi connectivity index (χ1n) is 7.79. The molecule has 122 valence electrons. The van der Waals surface area contributed by atoms with E-state index >= 15 is 0 Å². The Morgan fingerprint density at radius 1 is 0.917 bits per heavy atom. The third-order valence-corrected chi connectivity index (χ3v) is 4.55. The first-order valence-corrected chi connectivity index (χ1v) is 8.77. The van der Waals surface area contributed by atoms with Crippen molar-refractivity contribution in [2.75, 3.05) is 13.2 Å². The van der Waals surface area contributed by atoms with Crippen LogP contribution in [0.4, 0.5) is 0 Å². The molecule has 0 bridgehead atoms. The smallest absolute Gasteiger partial charge is 0.247 e. The summed E-state index contributed by atoms with van der Waals surface area (Å²) in [6.45, 7) is 1.38. The first kappa shape index (κ1) is 15.1. The van der Waals surface area contributed by atoms with Gasteiger partial charge in [0, 0.05) is 16.9 Å². The SMILES string of the molecule is c1ccc(-c2nnc(CSc3ccc4c(c3)OCCCO4)o2)cc1. The molecule has 1 aromatic heterocycles. The summed E-state index contributed by atoms with van der Waals surface area (Å²) in [5, 5.41) is 8.22. The van der Waals surface area contributed by atoms with Crippen LogP contribution in [0.5, 0.6) is 11.5 Å². The Labute approximate surface area is 144 Å². The Morgan fingerprint density at radius 2 is 1.75 bits per heavy atom. The Balaban J connectivity index is 1.44. The van der Waals surface area contributed by atoms with Crippen LogP contribution in [0, 0.1) is 0 Å². The van der Waals surface area contributed by atoms with Crippen molar-refractivity contribution in [2.45, 2.75) is 17.1 Å². The van der Waals surface area contributed by atoms with Gasteiger partial charge < -0.3 is 13.9 Å². The molecular weight excluding hydrogens is 324 g/mol. The van der Waals surface area contributed by atoms with Gasteiger partial charge in [0.15, 0.2) is 11.5 Å². The van der Waals surface area contributed by atoms with Gasteiger partial charge >= 0.3 is 0 Å². The van der Waals surface area contributed by atoms with Crippen molar-refractivity contribution in [3.63, 3.8) is 0 Å². The molecule has 2 heterocycles. The summed E-state index contributed by atoms with van der Waals surface area (Å²) >= 11 is 1.63. The molecule has 6 heteroatoms. The summed E-state index contributed by atoms with van der Waals surface area (Å²) in [6, 6.07) is 15.7. The van der Waals surface area contributed by atoms with E-state index in [-0.39, 0.29) is 0 Å². The number of benzene rings is 2. The van der Waals surface area contributed by atoms with Crippen LogP contribution in [0.3, 0.4) is 0 Å².